The zero-order chi connectivity index (χ0) is 29.8. The molecule has 3 rings (SSSR count). The van der Waals surface area contributed by atoms with E-state index in [1.165, 1.54) is 0 Å². The van der Waals surface area contributed by atoms with Crippen LogP contribution in [0.5, 0.6) is 0 Å². The number of nitrogens with one attached hydrogen (secondary N) is 3. The van der Waals surface area contributed by atoms with Crippen molar-refractivity contribution >= 4 is 47.2 Å². The van der Waals surface area contributed by atoms with Gasteiger partial charge in [0.2, 0.25) is 17.7 Å². The number of amides is 4. The average Bonchev–Trinajstić information content (AvgIpc) is 3.48. The molecule has 1 aliphatic heterocycles. The molecule has 41 heavy (non-hydrogen) atoms. The van der Waals surface area contributed by atoms with E-state index in [-0.39, 0.29) is 17.6 Å². The molecule has 1 saturated heterocycles. The fourth-order valence-corrected chi connectivity index (χ4v) is 5.24. The number of benzene rings is 1. The molecule has 1 aromatic heterocycles. The second-order valence-corrected chi connectivity index (χ2v) is 10.6. The van der Waals surface area contributed by atoms with Crippen molar-refractivity contribution in [1.82, 2.24) is 25.8 Å². The topological polar surface area (TPSA) is 173 Å². The third-order valence-electron chi connectivity index (χ3n) is 7.26. The van der Waals surface area contributed by atoms with E-state index in [4.69, 9.17) is 11.5 Å². The number of unbranched alkanes of at least 4 members (excludes halogenated alkanes) is 1. The Kier molecular flexibility index (Phi) is 12.8. The maximum atomic E-state index is 13.7. The summed E-state index contributed by atoms with van der Waals surface area (Å²) >= 11 is 4.29. The number of carbonyl (C=O) groups is 4. The van der Waals surface area contributed by atoms with Gasteiger partial charge in [0.15, 0.2) is 0 Å². The summed E-state index contributed by atoms with van der Waals surface area (Å²) in [5.74, 6) is -1.47. The second kappa shape index (κ2) is 16.3. The molecule has 1 aliphatic rings. The van der Waals surface area contributed by atoms with Gasteiger partial charge in [0, 0.05) is 24.2 Å². The van der Waals surface area contributed by atoms with Crippen molar-refractivity contribution in [3.63, 3.8) is 0 Å². The van der Waals surface area contributed by atoms with Gasteiger partial charge in [-0.3, -0.25) is 24.2 Å². The van der Waals surface area contributed by atoms with E-state index >= 15 is 0 Å². The maximum absolute atomic E-state index is 13.7. The van der Waals surface area contributed by atoms with Gasteiger partial charge in [-0.2, -0.15) is 12.6 Å². The lowest BCUT2D eigenvalue weighted by Gasteiger charge is -2.27. The SMILES string of the molecule is CCc1nc2ccccc2cc1C(=O)N1CCCC1C(=O)N[C@@H](CS)C(=O)N[C@@H](CCCCN)C(=O)NCCCN. The highest BCUT2D eigenvalue weighted by molar-refractivity contribution is 7.80. The first-order valence-electron chi connectivity index (χ1n) is 14.4. The van der Waals surface area contributed by atoms with Crippen LogP contribution in [0.25, 0.3) is 10.9 Å². The Bertz CT molecular complexity index is 1210. The molecular formula is C29H43N7O4S. The quantitative estimate of drug-likeness (QED) is 0.133. The van der Waals surface area contributed by atoms with E-state index in [0.717, 1.165) is 10.9 Å². The molecular weight excluding hydrogens is 542 g/mol. The van der Waals surface area contributed by atoms with Crippen LogP contribution in [0.2, 0.25) is 0 Å². The number of aryl methyl sites for hydroxylation is 1. The minimum Gasteiger partial charge on any atom is -0.354 e. The lowest BCUT2D eigenvalue weighted by atomic mass is 10.1. The van der Waals surface area contributed by atoms with Crippen molar-refractivity contribution in [3.8, 4) is 0 Å². The number of para-hydroxylation sites is 1. The van der Waals surface area contributed by atoms with Gasteiger partial charge in [-0.15, -0.1) is 0 Å². The molecule has 1 fully saturated rings. The van der Waals surface area contributed by atoms with Crippen molar-refractivity contribution < 1.29 is 19.2 Å². The molecule has 4 amide bonds. The fourth-order valence-electron chi connectivity index (χ4n) is 4.98. The number of nitrogens with zero attached hydrogens (tertiary/aromatic N) is 2. The zero-order valence-electron chi connectivity index (χ0n) is 23.7. The summed E-state index contributed by atoms with van der Waals surface area (Å²) in [7, 11) is 0. The van der Waals surface area contributed by atoms with Gasteiger partial charge in [0.05, 0.1) is 16.8 Å². The van der Waals surface area contributed by atoms with Gasteiger partial charge in [-0.25, -0.2) is 0 Å². The second-order valence-electron chi connectivity index (χ2n) is 10.2. The summed E-state index contributed by atoms with van der Waals surface area (Å²) in [6.07, 6.45) is 4.12. The summed E-state index contributed by atoms with van der Waals surface area (Å²) in [5, 5.41) is 9.17. The smallest absolute Gasteiger partial charge is 0.256 e. The summed E-state index contributed by atoms with van der Waals surface area (Å²) < 4.78 is 0. The first-order chi connectivity index (χ1) is 19.8. The number of hydrogen-bond acceptors (Lipinski definition) is 8. The summed E-state index contributed by atoms with van der Waals surface area (Å²) in [4.78, 5) is 59.2. The molecule has 3 atom stereocenters. The largest absolute Gasteiger partial charge is 0.354 e. The molecule has 0 bridgehead atoms. The van der Waals surface area contributed by atoms with Crippen LogP contribution in [0.3, 0.4) is 0 Å². The lowest BCUT2D eigenvalue weighted by Crippen LogP contribution is -2.57. The van der Waals surface area contributed by atoms with Crippen molar-refractivity contribution in [3.05, 3.63) is 41.6 Å². The van der Waals surface area contributed by atoms with Crippen molar-refractivity contribution in [2.75, 3.05) is 31.9 Å². The molecule has 0 saturated carbocycles. The number of carbonyl (C=O) groups excluding carboxylic acids is 4. The van der Waals surface area contributed by atoms with Crippen LogP contribution in [-0.2, 0) is 20.8 Å². The van der Waals surface area contributed by atoms with E-state index in [1.807, 2.05) is 37.3 Å². The van der Waals surface area contributed by atoms with E-state index in [1.54, 1.807) is 4.90 Å². The van der Waals surface area contributed by atoms with Crippen LogP contribution in [-0.4, -0.2) is 83.6 Å². The van der Waals surface area contributed by atoms with Gasteiger partial charge >= 0.3 is 0 Å². The third kappa shape index (κ3) is 8.64. The molecule has 1 aromatic carbocycles. The standard InChI is InChI=1S/C29H43N7O4S/c1-2-21-20(17-19-9-3-4-10-22(19)33-21)29(40)36-16-7-12-25(36)28(39)35-24(18-41)27(38)34-23(11-5-6-13-30)26(37)32-15-8-14-31/h3-4,9-10,17,23-25,41H,2,5-8,11-16,18,30-31H2,1H3,(H,32,37)(H,34,38)(H,35,39)/t23-,24-,25?/m0/s1. The summed E-state index contributed by atoms with van der Waals surface area (Å²) in [6, 6.07) is 6.97. The van der Waals surface area contributed by atoms with Crippen molar-refractivity contribution in [1.29, 1.82) is 0 Å². The minimum atomic E-state index is -0.981. The number of thiol groups is 1. The molecule has 0 aliphatic carbocycles. The predicted molar refractivity (Wildman–Crippen MR) is 162 cm³/mol. The number of fused-ring (bicyclic) bond motifs is 1. The van der Waals surface area contributed by atoms with Crippen LogP contribution in [0.1, 0.15) is 61.5 Å². The predicted octanol–water partition coefficient (Wildman–Crippen LogP) is 0.895. The molecule has 12 heteroatoms. The first kappa shape index (κ1) is 32.3. The summed E-state index contributed by atoms with van der Waals surface area (Å²) in [5.41, 5.74) is 13.1. The molecule has 2 aromatic rings. The highest BCUT2D eigenvalue weighted by Crippen LogP contribution is 2.24. The Balaban J connectivity index is 1.70. The average molecular weight is 586 g/mol. The van der Waals surface area contributed by atoms with Crippen molar-refractivity contribution in [2.45, 2.75) is 70.0 Å². The van der Waals surface area contributed by atoms with Gasteiger partial charge < -0.3 is 32.3 Å². The zero-order valence-corrected chi connectivity index (χ0v) is 24.6. The first-order valence-corrected chi connectivity index (χ1v) is 15.1. The van der Waals surface area contributed by atoms with E-state index in [0.29, 0.717) is 82.4 Å². The lowest BCUT2D eigenvalue weighted by molar-refractivity contribution is -0.132. The molecule has 0 spiro atoms. The van der Waals surface area contributed by atoms with E-state index < -0.39 is 29.9 Å². The maximum Gasteiger partial charge on any atom is 0.256 e. The number of rotatable bonds is 15. The molecule has 7 N–H and O–H groups in total. The van der Waals surface area contributed by atoms with Gasteiger partial charge in [0.25, 0.3) is 5.91 Å². The Labute approximate surface area is 247 Å². The Morgan fingerprint density at radius 3 is 2.51 bits per heavy atom. The Morgan fingerprint density at radius 1 is 1.05 bits per heavy atom. The van der Waals surface area contributed by atoms with Crippen LogP contribution >= 0.6 is 12.6 Å². The van der Waals surface area contributed by atoms with E-state index in [9.17, 15) is 19.2 Å². The number of nitrogens with two attached hydrogens (primary N) is 2. The number of likely N-dealkylation sites (tertiary alicyclic amines) is 1. The molecule has 1 unspecified atom stereocenters. The van der Waals surface area contributed by atoms with Gasteiger partial charge in [0.1, 0.15) is 18.1 Å². The van der Waals surface area contributed by atoms with Crippen LogP contribution in [0, 0.1) is 0 Å². The van der Waals surface area contributed by atoms with Crippen molar-refractivity contribution in [2.24, 2.45) is 11.5 Å². The molecule has 0 radical (unpaired) electrons. The van der Waals surface area contributed by atoms with Crippen LogP contribution < -0.4 is 27.4 Å². The Morgan fingerprint density at radius 2 is 1.80 bits per heavy atom. The van der Waals surface area contributed by atoms with Crippen LogP contribution in [0.4, 0.5) is 0 Å². The minimum absolute atomic E-state index is 0.0249. The highest BCUT2D eigenvalue weighted by atomic mass is 32.1. The number of hydrogen-bond donors (Lipinski definition) is 6. The monoisotopic (exact) mass is 585 g/mol. The number of pyridine rings is 1. The molecule has 224 valence electrons. The molecule has 2 heterocycles. The molecule has 11 nitrogen and oxygen atoms in total. The highest BCUT2D eigenvalue weighted by Gasteiger charge is 2.37. The summed E-state index contributed by atoms with van der Waals surface area (Å²) in [6.45, 7) is 3.70. The normalized spacial score (nSPS) is 16.3. The number of aromatic nitrogens is 1. The fraction of sp³-hybridized carbons (Fsp3) is 0.552. The van der Waals surface area contributed by atoms with E-state index in [2.05, 4.69) is 33.6 Å². The Hall–Kier alpha value is -3.22. The third-order valence-corrected chi connectivity index (χ3v) is 7.63. The van der Waals surface area contributed by atoms with Gasteiger partial charge in [-0.05, 0) is 70.2 Å². The van der Waals surface area contributed by atoms with Crippen LogP contribution in [0.15, 0.2) is 30.3 Å². The van der Waals surface area contributed by atoms with Gasteiger partial charge in [-0.1, -0.05) is 25.1 Å².